The highest BCUT2D eigenvalue weighted by molar-refractivity contribution is 8.00. The number of nitrogens with one attached hydrogen (secondary N) is 1. The molecule has 37 heavy (non-hydrogen) atoms. The second-order valence-electron chi connectivity index (χ2n) is 7.85. The number of carboxylic acids is 2. The molecule has 0 bridgehead atoms. The number of thiazole rings is 1. The van der Waals surface area contributed by atoms with E-state index in [0.717, 1.165) is 16.2 Å². The zero-order chi connectivity index (χ0) is 26.9. The van der Waals surface area contributed by atoms with E-state index in [1.165, 1.54) is 18.7 Å². The largest absolute Gasteiger partial charge is 0.543 e. The number of thioether (sulfide) groups is 1. The molecule has 3 atom stereocenters. The monoisotopic (exact) mass is 566 g/mol. The van der Waals surface area contributed by atoms with Crippen LogP contribution in [0.2, 0.25) is 4.34 Å². The molecule has 0 aromatic carbocycles. The van der Waals surface area contributed by atoms with Gasteiger partial charge in [-0.25, -0.2) is 14.3 Å². The van der Waals surface area contributed by atoms with Gasteiger partial charge in [0.2, 0.25) is 6.10 Å². The minimum Gasteiger partial charge on any atom is -0.543 e. The number of hydrogen-bond donors (Lipinski definition) is 3. The number of amides is 2. The molecule has 0 spiro atoms. The van der Waals surface area contributed by atoms with E-state index in [1.807, 2.05) is 6.07 Å². The lowest BCUT2D eigenvalue weighted by Gasteiger charge is -2.50. The maximum absolute atomic E-state index is 13.1. The predicted molar refractivity (Wildman–Crippen MR) is 130 cm³/mol. The van der Waals surface area contributed by atoms with Gasteiger partial charge in [0.25, 0.3) is 11.8 Å². The second-order valence-corrected chi connectivity index (χ2v) is 10.6. The average Bonchev–Trinajstić information content (AvgIpc) is 3.19. The van der Waals surface area contributed by atoms with E-state index in [0.29, 0.717) is 5.57 Å². The highest BCUT2D eigenvalue weighted by Crippen LogP contribution is 2.40. The number of carbonyl (C=O) groups is 4. The van der Waals surface area contributed by atoms with Crippen LogP contribution < -0.4 is 20.7 Å². The van der Waals surface area contributed by atoms with Crippen LogP contribution in [0.1, 0.15) is 12.6 Å². The molecule has 2 aliphatic heterocycles. The molecule has 4 heterocycles. The van der Waals surface area contributed by atoms with Gasteiger partial charge in [0.05, 0.1) is 11.7 Å². The van der Waals surface area contributed by atoms with Crippen molar-refractivity contribution in [2.24, 2.45) is 5.16 Å². The summed E-state index contributed by atoms with van der Waals surface area (Å²) < 4.78 is 1.77. The van der Waals surface area contributed by atoms with Gasteiger partial charge in [0, 0.05) is 23.5 Å². The Bertz CT molecular complexity index is 1330. The maximum atomic E-state index is 13.1. The summed E-state index contributed by atoms with van der Waals surface area (Å²) in [5.41, 5.74) is 5.25. The Labute approximate surface area is 222 Å². The number of nitrogen functional groups attached to an aromatic ring is 1. The van der Waals surface area contributed by atoms with Crippen LogP contribution in [0.25, 0.3) is 0 Å². The molecule has 1 unspecified atom stereocenters. The van der Waals surface area contributed by atoms with E-state index < -0.39 is 47.0 Å². The van der Waals surface area contributed by atoms with E-state index in [4.69, 9.17) is 27.3 Å². The summed E-state index contributed by atoms with van der Waals surface area (Å²) in [4.78, 5) is 59.1. The van der Waals surface area contributed by atoms with Crippen molar-refractivity contribution in [2.75, 3.05) is 11.5 Å². The van der Waals surface area contributed by atoms with Gasteiger partial charge >= 0.3 is 5.97 Å². The third-order valence-electron chi connectivity index (χ3n) is 5.37. The normalized spacial score (nSPS) is 20.1. The number of nitrogens with zero attached hydrogens (tertiary/aromatic N) is 4. The van der Waals surface area contributed by atoms with Crippen molar-refractivity contribution in [1.29, 1.82) is 0 Å². The van der Waals surface area contributed by atoms with E-state index >= 15 is 0 Å². The van der Waals surface area contributed by atoms with Gasteiger partial charge in [-0.2, -0.15) is 0 Å². The number of aromatic nitrogens is 2. The minimum atomic E-state index is -1.50. The Hall–Kier alpha value is -3.69. The number of aliphatic carboxylic acids is 2. The fraction of sp³-hybridized carbons (Fsp3) is 0.286. The molecule has 4 N–H and O–H groups in total. The number of rotatable bonds is 9. The Morgan fingerprint density at radius 2 is 2.11 bits per heavy atom. The van der Waals surface area contributed by atoms with Gasteiger partial charge in [-0.3, -0.25) is 14.5 Å². The van der Waals surface area contributed by atoms with Gasteiger partial charge < -0.3 is 30.9 Å². The zero-order valence-corrected chi connectivity index (χ0v) is 21.4. The fourth-order valence-corrected chi connectivity index (χ4v) is 5.86. The van der Waals surface area contributed by atoms with Crippen LogP contribution in [0.4, 0.5) is 5.13 Å². The number of oxime groups is 1. The average molecular weight is 567 g/mol. The topological polar surface area (TPSA) is 191 Å². The molecule has 2 aromatic heterocycles. The van der Waals surface area contributed by atoms with Crippen LogP contribution in [-0.2, 0) is 30.6 Å². The Balaban J connectivity index is 1.56. The number of hydrogen-bond acceptors (Lipinski definition) is 11. The molecule has 0 radical (unpaired) electrons. The Kier molecular flexibility index (Phi) is 7.65. The molecule has 194 valence electrons. The van der Waals surface area contributed by atoms with Crippen molar-refractivity contribution >= 4 is 69.3 Å². The van der Waals surface area contributed by atoms with Gasteiger partial charge in [-0.15, -0.1) is 11.8 Å². The number of carboxylic acid groups (broad SMARTS) is 2. The van der Waals surface area contributed by atoms with E-state index in [-0.39, 0.29) is 33.2 Å². The van der Waals surface area contributed by atoms with E-state index in [9.17, 15) is 24.3 Å². The van der Waals surface area contributed by atoms with Crippen molar-refractivity contribution < 1.29 is 38.8 Å². The third-order valence-corrected chi connectivity index (χ3v) is 7.79. The van der Waals surface area contributed by atoms with E-state index in [1.54, 1.807) is 29.1 Å². The standard InChI is InChI=1S/C21H19ClN6O7S2/c1-9(19(31)32)35-26-12(11-15(22)37-21(23)25-11)16(29)24-13-17(30)28-14(20(33)34)10(8-36-18(13)28)7-27-5-3-2-4-6-27/h2-6,9,13,18H,7-8H2,1H3,(H4-,23,24,25,29,31,32,33,34)/b26-12-/t9-,13+,18?/m0/s1. The number of carbonyl (C=O) groups excluding carboxylic acids is 3. The summed E-state index contributed by atoms with van der Waals surface area (Å²) in [6, 6.07) is 4.30. The molecule has 1 saturated heterocycles. The summed E-state index contributed by atoms with van der Waals surface area (Å²) in [5, 5.41) is 26.4. The van der Waals surface area contributed by atoms with Crippen molar-refractivity contribution in [2.45, 2.75) is 31.0 Å². The summed E-state index contributed by atoms with van der Waals surface area (Å²) in [6.45, 7) is 1.44. The number of β-lactam (4-membered cyclic amide) rings is 1. The predicted octanol–water partition coefficient (Wildman–Crippen LogP) is -1.04. The number of fused-ring (bicyclic) bond motifs is 1. The van der Waals surface area contributed by atoms with Gasteiger partial charge in [0.1, 0.15) is 21.4 Å². The van der Waals surface area contributed by atoms with Crippen LogP contribution in [0, 0.1) is 0 Å². The highest BCUT2D eigenvalue weighted by atomic mass is 35.5. The molecule has 1 fully saturated rings. The highest BCUT2D eigenvalue weighted by Gasteiger charge is 2.53. The summed E-state index contributed by atoms with van der Waals surface area (Å²) >= 11 is 8.23. The first-order chi connectivity index (χ1) is 17.6. The molecule has 13 nitrogen and oxygen atoms in total. The minimum absolute atomic E-state index is 0.00296. The SMILES string of the molecule is C[C@H](O/N=C(\C(=O)N[C@@H]1C(=O)N2C(C(=O)[O-])=C(C[n+]3ccccc3)CSC12)c1nc(N)sc1Cl)C(=O)O. The number of pyridine rings is 1. The first-order valence-corrected chi connectivity index (χ1v) is 12.8. The maximum Gasteiger partial charge on any atom is 0.347 e. The third kappa shape index (κ3) is 5.38. The van der Waals surface area contributed by atoms with Gasteiger partial charge in [-0.1, -0.05) is 34.2 Å². The summed E-state index contributed by atoms with van der Waals surface area (Å²) in [7, 11) is 0. The molecular weight excluding hydrogens is 548 g/mol. The molecule has 0 saturated carbocycles. The Morgan fingerprint density at radius 1 is 1.41 bits per heavy atom. The van der Waals surface area contributed by atoms with Crippen molar-refractivity contribution in [3.8, 4) is 0 Å². The van der Waals surface area contributed by atoms with Crippen molar-refractivity contribution in [3.63, 3.8) is 0 Å². The molecule has 2 aromatic rings. The van der Waals surface area contributed by atoms with Crippen molar-refractivity contribution in [1.82, 2.24) is 15.2 Å². The van der Waals surface area contributed by atoms with Crippen molar-refractivity contribution in [3.05, 3.63) is 51.9 Å². The van der Waals surface area contributed by atoms with Crippen LogP contribution in [0.15, 0.2) is 47.0 Å². The van der Waals surface area contributed by atoms with Crippen LogP contribution in [-0.4, -0.2) is 67.7 Å². The molecule has 0 aliphatic carbocycles. The van der Waals surface area contributed by atoms with E-state index in [2.05, 4.69) is 15.5 Å². The Morgan fingerprint density at radius 3 is 2.70 bits per heavy atom. The number of nitrogens with two attached hydrogens (primary N) is 1. The van der Waals surface area contributed by atoms with Crippen LogP contribution >= 0.6 is 34.7 Å². The lowest BCUT2D eigenvalue weighted by atomic mass is 10.0. The molecule has 16 heteroatoms. The first-order valence-electron chi connectivity index (χ1n) is 10.6. The van der Waals surface area contributed by atoms with Crippen LogP contribution in [0.3, 0.4) is 0 Å². The second kappa shape index (κ2) is 10.7. The molecule has 4 rings (SSSR count). The first kappa shape index (κ1) is 26.4. The lowest BCUT2D eigenvalue weighted by molar-refractivity contribution is -0.689. The fourth-order valence-electron chi connectivity index (χ4n) is 3.60. The summed E-state index contributed by atoms with van der Waals surface area (Å²) in [6.07, 6.45) is 2.13. The van der Waals surface area contributed by atoms with Gasteiger partial charge in [0.15, 0.2) is 29.8 Å². The number of halogens is 1. The zero-order valence-electron chi connectivity index (χ0n) is 19.0. The van der Waals surface area contributed by atoms with Crippen LogP contribution in [0.5, 0.6) is 0 Å². The summed E-state index contributed by atoms with van der Waals surface area (Å²) in [5.74, 6) is -4.16. The molecular formula is C21H19ClN6O7S2. The molecule has 2 aliphatic rings. The lowest BCUT2D eigenvalue weighted by Crippen LogP contribution is -2.71. The number of anilines is 1. The quantitative estimate of drug-likeness (QED) is 0.146. The smallest absolute Gasteiger partial charge is 0.347 e. The molecule has 2 amide bonds. The van der Waals surface area contributed by atoms with Gasteiger partial charge in [-0.05, 0) is 6.92 Å².